The molecular weight excluding hydrogens is 354 g/mol. The molecule has 0 saturated carbocycles. The van der Waals surface area contributed by atoms with E-state index in [9.17, 15) is 18.0 Å². The van der Waals surface area contributed by atoms with Gasteiger partial charge in [0, 0.05) is 13.0 Å². The van der Waals surface area contributed by atoms with Crippen LogP contribution in [0.1, 0.15) is 19.8 Å². The quantitative estimate of drug-likeness (QED) is 0.778. The third kappa shape index (κ3) is 4.08. The molecule has 1 heterocycles. The third-order valence-electron chi connectivity index (χ3n) is 3.27. The van der Waals surface area contributed by atoms with Crippen molar-refractivity contribution >= 4 is 43.5 Å². The van der Waals surface area contributed by atoms with E-state index in [1.807, 2.05) is 0 Å². The number of sulfonamides is 1. The molecule has 2 N–H and O–H groups in total. The van der Waals surface area contributed by atoms with Crippen molar-refractivity contribution in [3.63, 3.8) is 0 Å². The molecule has 0 radical (unpaired) electrons. The minimum atomic E-state index is -3.83. The van der Waals surface area contributed by atoms with Crippen LogP contribution < -0.4 is 9.94 Å². The van der Waals surface area contributed by atoms with E-state index in [-0.39, 0.29) is 30.2 Å². The van der Waals surface area contributed by atoms with Crippen LogP contribution in [0.15, 0.2) is 28.1 Å². The highest BCUT2D eigenvalue weighted by atomic mass is 32.2. The van der Waals surface area contributed by atoms with E-state index in [1.54, 1.807) is 17.6 Å². The van der Waals surface area contributed by atoms with Crippen molar-refractivity contribution in [3.8, 4) is 0 Å². The summed E-state index contributed by atoms with van der Waals surface area (Å²) in [5.41, 5.74) is 0.666. The van der Waals surface area contributed by atoms with Gasteiger partial charge in [-0.15, -0.1) is 0 Å². The number of primary sulfonamides is 1. The summed E-state index contributed by atoms with van der Waals surface area (Å²) >= 11 is 1.16. The Morgan fingerprint density at radius 1 is 1.38 bits per heavy atom. The summed E-state index contributed by atoms with van der Waals surface area (Å²) < 4.78 is 29.9. The van der Waals surface area contributed by atoms with Crippen molar-refractivity contribution < 1.29 is 22.7 Å². The molecule has 0 aliphatic carbocycles. The molecule has 0 aliphatic rings. The first-order chi connectivity index (χ1) is 11.3. The van der Waals surface area contributed by atoms with Gasteiger partial charge in [-0.1, -0.05) is 18.3 Å². The van der Waals surface area contributed by atoms with Gasteiger partial charge in [-0.3, -0.25) is 9.59 Å². The average Bonchev–Trinajstić information content (AvgIpc) is 2.87. The van der Waals surface area contributed by atoms with Crippen molar-refractivity contribution in [1.82, 2.24) is 4.57 Å². The number of methoxy groups -OCH3 is 1. The number of nitrogens with zero attached hydrogens (tertiary/aromatic N) is 2. The molecule has 0 atom stereocenters. The van der Waals surface area contributed by atoms with Crippen LogP contribution in [0.4, 0.5) is 0 Å². The molecule has 2 aromatic rings. The van der Waals surface area contributed by atoms with Crippen molar-refractivity contribution in [1.29, 1.82) is 0 Å². The second-order valence-corrected chi connectivity index (χ2v) is 7.47. The van der Waals surface area contributed by atoms with E-state index in [0.29, 0.717) is 15.0 Å². The Morgan fingerprint density at radius 3 is 2.67 bits per heavy atom. The van der Waals surface area contributed by atoms with Crippen LogP contribution >= 0.6 is 11.3 Å². The fourth-order valence-electron chi connectivity index (χ4n) is 2.02. The number of aromatic nitrogens is 1. The van der Waals surface area contributed by atoms with Gasteiger partial charge in [0.25, 0.3) is 0 Å². The second kappa shape index (κ2) is 7.24. The fourth-order valence-corrected chi connectivity index (χ4v) is 3.75. The van der Waals surface area contributed by atoms with Crippen molar-refractivity contribution in [2.45, 2.75) is 31.2 Å². The number of carbonyl (C=O) groups excluding carboxylic acids is 2. The highest BCUT2D eigenvalue weighted by Crippen LogP contribution is 2.21. The summed E-state index contributed by atoms with van der Waals surface area (Å²) in [4.78, 5) is 27.4. The Kier molecular flexibility index (Phi) is 5.52. The van der Waals surface area contributed by atoms with Gasteiger partial charge in [-0.2, -0.15) is 4.99 Å². The van der Waals surface area contributed by atoms with Crippen LogP contribution in [-0.2, 0) is 30.9 Å². The number of aryl methyl sites for hydroxylation is 1. The number of rotatable bonds is 5. The van der Waals surface area contributed by atoms with Crippen molar-refractivity contribution in [2.75, 3.05) is 7.11 Å². The van der Waals surface area contributed by atoms with E-state index in [2.05, 4.69) is 9.73 Å². The van der Waals surface area contributed by atoms with Crippen LogP contribution in [0.2, 0.25) is 0 Å². The van der Waals surface area contributed by atoms with Crippen LogP contribution in [0.5, 0.6) is 0 Å². The largest absolute Gasteiger partial charge is 0.469 e. The predicted molar refractivity (Wildman–Crippen MR) is 88.7 cm³/mol. The molecule has 0 aliphatic heterocycles. The first kappa shape index (κ1) is 18.3. The number of carbonyl (C=O) groups is 2. The maximum atomic E-state index is 11.6. The topological polar surface area (TPSA) is 121 Å². The Bertz CT molecular complexity index is 956. The predicted octanol–water partition coefficient (Wildman–Crippen LogP) is 0.751. The average molecular weight is 371 g/mol. The maximum absolute atomic E-state index is 11.6. The zero-order valence-electron chi connectivity index (χ0n) is 13.2. The number of ether oxygens (including phenoxy) is 1. The first-order valence-electron chi connectivity index (χ1n) is 7.06. The Balaban J connectivity index is 2.62. The molecule has 1 amide bonds. The number of benzene rings is 1. The van der Waals surface area contributed by atoms with Gasteiger partial charge >= 0.3 is 5.97 Å². The number of nitrogens with two attached hydrogens (primary N) is 1. The molecule has 24 heavy (non-hydrogen) atoms. The molecule has 8 nitrogen and oxygen atoms in total. The van der Waals surface area contributed by atoms with Crippen LogP contribution in [-0.4, -0.2) is 32.0 Å². The minimum absolute atomic E-state index is 0.0234. The van der Waals surface area contributed by atoms with Crippen LogP contribution in [0.3, 0.4) is 0 Å². The second-order valence-electron chi connectivity index (χ2n) is 4.90. The van der Waals surface area contributed by atoms with Gasteiger partial charge in [-0.25, -0.2) is 13.6 Å². The maximum Gasteiger partial charge on any atom is 0.307 e. The molecule has 1 aromatic carbocycles. The molecule has 0 saturated heterocycles. The van der Waals surface area contributed by atoms with Gasteiger partial charge in [0.05, 0.1) is 28.6 Å². The Morgan fingerprint density at radius 2 is 2.08 bits per heavy atom. The molecule has 0 bridgehead atoms. The smallest absolute Gasteiger partial charge is 0.307 e. The van der Waals surface area contributed by atoms with Gasteiger partial charge in [0.1, 0.15) is 0 Å². The molecule has 0 fully saturated rings. The van der Waals surface area contributed by atoms with Crippen molar-refractivity contribution in [2.24, 2.45) is 10.1 Å². The van der Waals surface area contributed by atoms with Gasteiger partial charge in [0.2, 0.25) is 15.9 Å². The number of hydrogen-bond acceptors (Lipinski definition) is 6. The number of amides is 1. The van der Waals surface area contributed by atoms with Gasteiger partial charge < -0.3 is 9.30 Å². The zero-order valence-corrected chi connectivity index (χ0v) is 14.8. The number of thiazole rings is 1. The first-order valence-corrected chi connectivity index (χ1v) is 9.43. The van der Waals surface area contributed by atoms with E-state index in [1.165, 1.54) is 19.2 Å². The van der Waals surface area contributed by atoms with E-state index >= 15 is 0 Å². The lowest BCUT2D eigenvalue weighted by molar-refractivity contribution is -0.140. The molecule has 0 spiro atoms. The molecule has 2 rings (SSSR count). The standard InChI is InChI=1S/C14H17N3O5S2/c1-3-12(18)16-14-17(7-6-13(19)22-2)10-5-4-9(24(15,20)21)8-11(10)23-14/h4-5,8H,3,6-7H2,1-2H3,(H2,15,20,21). The molecule has 130 valence electrons. The number of hydrogen-bond donors (Lipinski definition) is 1. The number of esters is 1. The summed E-state index contributed by atoms with van der Waals surface area (Å²) in [6.45, 7) is 1.95. The monoisotopic (exact) mass is 371 g/mol. The lowest BCUT2D eigenvalue weighted by Crippen LogP contribution is -2.19. The summed E-state index contributed by atoms with van der Waals surface area (Å²) in [6.07, 6.45) is 0.348. The third-order valence-corrected chi connectivity index (χ3v) is 5.22. The zero-order chi connectivity index (χ0) is 17.9. The SMILES string of the molecule is CCC(=O)N=c1sc2cc(S(N)(=O)=O)ccc2n1CCC(=O)OC. The van der Waals surface area contributed by atoms with Crippen LogP contribution in [0.25, 0.3) is 10.2 Å². The van der Waals surface area contributed by atoms with Gasteiger partial charge in [-0.05, 0) is 18.2 Å². The van der Waals surface area contributed by atoms with E-state index < -0.39 is 16.0 Å². The lowest BCUT2D eigenvalue weighted by Gasteiger charge is -2.05. The number of fused-ring (bicyclic) bond motifs is 1. The Labute approximate surface area is 142 Å². The molecular formula is C14H17N3O5S2. The fraction of sp³-hybridized carbons (Fsp3) is 0.357. The highest BCUT2D eigenvalue weighted by Gasteiger charge is 2.14. The molecule has 1 aromatic heterocycles. The Hall–Kier alpha value is -2.04. The highest BCUT2D eigenvalue weighted by molar-refractivity contribution is 7.89. The van der Waals surface area contributed by atoms with E-state index in [0.717, 1.165) is 11.3 Å². The summed E-state index contributed by atoms with van der Waals surface area (Å²) in [5.74, 6) is -0.698. The molecule has 0 unspecified atom stereocenters. The normalized spacial score (nSPS) is 12.5. The van der Waals surface area contributed by atoms with Gasteiger partial charge in [0.15, 0.2) is 4.80 Å². The summed E-state index contributed by atoms with van der Waals surface area (Å²) in [5, 5.41) is 5.14. The minimum Gasteiger partial charge on any atom is -0.469 e. The summed E-state index contributed by atoms with van der Waals surface area (Å²) in [6, 6.07) is 4.39. The van der Waals surface area contributed by atoms with E-state index in [4.69, 9.17) is 5.14 Å². The van der Waals surface area contributed by atoms with Crippen LogP contribution in [0, 0.1) is 0 Å². The lowest BCUT2D eigenvalue weighted by atomic mass is 10.3. The van der Waals surface area contributed by atoms with Crippen molar-refractivity contribution in [3.05, 3.63) is 23.0 Å². The summed E-state index contributed by atoms with van der Waals surface area (Å²) in [7, 11) is -2.53. The molecule has 10 heteroatoms.